The van der Waals surface area contributed by atoms with Crippen LogP contribution in [0.5, 0.6) is 0 Å². The van der Waals surface area contributed by atoms with Crippen molar-refractivity contribution in [1.82, 2.24) is 20.7 Å². The highest BCUT2D eigenvalue weighted by Gasteiger charge is 2.15. The van der Waals surface area contributed by atoms with Crippen LogP contribution in [0.25, 0.3) is 10.9 Å². The number of nitrogens with zero attached hydrogens (tertiary/aromatic N) is 3. The number of H-pyrrole nitrogens is 1. The van der Waals surface area contributed by atoms with E-state index in [9.17, 15) is 4.79 Å². The van der Waals surface area contributed by atoms with Crippen molar-refractivity contribution in [3.05, 3.63) is 41.2 Å². The van der Waals surface area contributed by atoms with Crippen LogP contribution >= 0.6 is 0 Å². The molecule has 0 saturated heterocycles. The van der Waals surface area contributed by atoms with Crippen molar-refractivity contribution in [1.29, 1.82) is 0 Å². The number of carbonyl (C=O) groups excluding carboxylic acids is 1. The number of aromatic amines is 1. The smallest absolute Gasteiger partial charge is 0.297 e. The number of hydrogen-bond donors (Lipinski definition) is 3. The van der Waals surface area contributed by atoms with Gasteiger partial charge in [-0.25, -0.2) is 10.1 Å². The van der Waals surface area contributed by atoms with Crippen LogP contribution in [0.1, 0.15) is 21.7 Å². The normalized spacial score (nSPS) is 11.3. The Hall–Kier alpha value is -3.16. The molecule has 1 amide bonds. The molecule has 0 radical (unpaired) electrons. The Balaban J connectivity index is 1.81. The number of aryl methyl sites for hydroxylation is 1. The predicted octanol–water partition coefficient (Wildman–Crippen LogP) is 1.21. The standard InChI is InChI=1S/C13H12N6O2/c1-7-9(8-4-2-3-5-10(8)16-7)6-15-17-13(20)11-12(14)19-21-18-11/h2-6,16H,1H3,(H2,14,19)(H,17,20)/b15-6+. The van der Waals surface area contributed by atoms with Crippen molar-refractivity contribution in [2.24, 2.45) is 5.10 Å². The third-order valence-corrected chi connectivity index (χ3v) is 3.03. The summed E-state index contributed by atoms with van der Waals surface area (Å²) in [5.74, 6) is -0.659. The Morgan fingerprint density at radius 3 is 3.00 bits per heavy atom. The van der Waals surface area contributed by atoms with E-state index in [2.05, 4.69) is 30.5 Å². The summed E-state index contributed by atoms with van der Waals surface area (Å²) in [5, 5.41) is 11.7. The summed E-state index contributed by atoms with van der Waals surface area (Å²) in [4.78, 5) is 15.0. The zero-order valence-corrected chi connectivity index (χ0v) is 11.1. The van der Waals surface area contributed by atoms with Crippen LogP contribution in [-0.4, -0.2) is 27.4 Å². The first-order valence-electron chi connectivity index (χ1n) is 6.15. The largest absolute Gasteiger partial charge is 0.379 e. The third-order valence-electron chi connectivity index (χ3n) is 3.03. The van der Waals surface area contributed by atoms with Crippen LogP contribution < -0.4 is 11.2 Å². The first kappa shape index (κ1) is 12.9. The molecule has 1 aromatic carbocycles. The molecule has 0 saturated carbocycles. The van der Waals surface area contributed by atoms with E-state index in [4.69, 9.17) is 5.73 Å². The first-order chi connectivity index (χ1) is 10.2. The number of fused-ring (bicyclic) bond motifs is 1. The van der Waals surface area contributed by atoms with Crippen molar-refractivity contribution in [2.75, 3.05) is 5.73 Å². The van der Waals surface area contributed by atoms with Crippen LogP contribution in [0.2, 0.25) is 0 Å². The van der Waals surface area contributed by atoms with Gasteiger partial charge in [0.25, 0.3) is 5.91 Å². The molecule has 3 aromatic rings. The fraction of sp³-hybridized carbons (Fsp3) is 0.0769. The molecule has 2 aromatic heterocycles. The molecule has 0 aliphatic heterocycles. The molecule has 0 bridgehead atoms. The maximum absolute atomic E-state index is 11.7. The molecule has 8 heteroatoms. The molecule has 0 aliphatic rings. The predicted molar refractivity (Wildman–Crippen MR) is 76.8 cm³/mol. The van der Waals surface area contributed by atoms with Gasteiger partial charge in [-0.1, -0.05) is 18.2 Å². The Labute approximate surface area is 119 Å². The SMILES string of the molecule is Cc1[nH]c2ccccc2c1/C=N/NC(=O)c1nonc1N. The van der Waals surface area contributed by atoms with Gasteiger partial charge in [0, 0.05) is 22.2 Å². The number of nitrogens with one attached hydrogen (secondary N) is 2. The lowest BCUT2D eigenvalue weighted by atomic mass is 10.1. The quantitative estimate of drug-likeness (QED) is 0.492. The van der Waals surface area contributed by atoms with E-state index in [1.54, 1.807) is 6.21 Å². The molecule has 0 fully saturated rings. The minimum atomic E-state index is -0.581. The summed E-state index contributed by atoms with van der Waals surface area (Å²) >= 11 is 0. The lowest BCUT2D eigenvalue weighted by Gasteiger charge is -1.96. The summed E-state index contributed by atoms with van der Waals surface area (Å²) in [6.07, 6.45) is 1.57. The Morgan fingerprint density at radius 2 is 2.24 bits per heavy atom. The number of carbonyl (C=O) groups is 1. The lowest BCUT2D eigenvalue weighted by molar-refractivity contribution is 0.0946. The van der Waals surface area contributed by atoms with Crippen LogP contribution in [0.4, 0.5) is 5.82 Å². The van der Waals surface area contributed by atoms with Gasteiger partial charge in [0.15, 0.2) is 0 Å². The highest BCUT2D eigenvalue weighted by atomic mass is 16.6. The van der Waals surface area contributed by atoms with Gasteiger partial charge >= 0.3 is 0 Å². The summed E-state index contributed by atoms with van der Waals surface area (Å²) in [6.45, 7) is 1.93. The molecule has 0 atom stereocenters. The fourth-order valence-electron chi connectivity index (χ4n) is 2.03. The van der Waals surface area contributed by atoms with Gasteiger partial charge in [-0.2, -0.15) is 5.10 Å². The van der Waals surface area contributed by atoms with Gasteiger partial charge in [-0.15, -0.1) is 0 Å². The van der Waals surface area contributed by atoms with Crippen LogP contribution in [0.3, 0.4) is 0 Å². The van der Waals surface area contributed by atoms with Gasteiger partial charge in [0.1, 0.15) is 0 Å². The molecule has 3 rings (SSSR count). The van der Waals surface area contributed by atoms with E-state index in [0.29, 0.717) is 0 Å². The van der Waals surface area contributed by atoms with Gasteiger partial charge < -0.3 is 10.7 Å². The van der Waals surface area contributed by atoms with Crippen molar-refractivity contribution >= 4 is 28.8 Å². The molecule has 106 valence electrons. The van der Waals surface area contributed by atoms with Crippen LogP contribution in [0, 0.1) is 6.92 Å². The van der Waals surface area contributed by atoms with E-state index in [-0.39, 0.29) is 11.5 Å². The number of benzene rings is 1. The maximum Gasteiger partial charge on any atom is 0.297 e. The second kappa shape index (κ2) is 5.08. The molecule has 8 nitrogen and oxygen atoms in total. The van der Waals surface area contributed by atoms with Gasteiger partial charge in [0.05, 0.1) is 6.21 Å². The van der Waals surface area contributed by atoms with E-state index >= 15 is 0 Å². The van der Waals surface area contributed by atoms with Gasteiger partial charge in [-0.3, -0.25) is 4.79 Å². The topological polar surface area (TPSA) is 122 Å². The average molecular weight is 284 g/mol. The minimum absolute atomic E-state index is 0.0778. The van der Waals surface area contributed by atoms with E-state index < -0.39 is 5.91 Å². The average Bonchev–Trinajstić information content (AvgIpc) is 3.03. The Morgan fingerprint density at radius 1 is 1.43 bits per heavy atom. The minimum Gasteiger partial charge on any atom is -0.379 e. The molecule has 0 unspecified atom stereocenters. The number of rotatable bonds is 3. The van der Waals surface area contributed by atoms with Crippen molar-refractivity contribution in [2.45, 2.75) is 6.92 Å². The number of para-hydroxylation sites is 1. The van der Waals surface area contributed by atoms with E-state index in [1.807, 2.05) is 31.2 Å². The van der Waals surface area contributed by atoms with Gasteiger partial charge in [-0.05, 0) is 23.3 Å². The number of hydrogen-bond acceptors (Lipinski definition) is 6. The summed E-state index contributed by atoms with van der Waals surface area (Å²) in [6, 6.07) is 7.83. The summed E-state index contributed by atoms with van der Waals surface area (Å²) in [5.41, 5.74) is 10.5. The molecular formula is C13H12N6O2. The molecule has 4 N–H and O–H groups in total. The Bertz CT molecular complexity index is 832. The van der Waals surface area contributed by atoms with Gasteiger partial charge in [0.2, 0.25) is 11.5 Å². The van der Waals surface area contributed by atoms with Crippen molar-refractivity contribution in [3.8, 4) is 0 Å². The maximum atomic E-state index is 11.7. The van der Waals surface area contributed by atoms with Crippen LogP contribution in [-0.2, 0) is 0 Å². The summed E-state index contributed by atoms with van der Waals surface area (Å²) < 4.78 is 4.35. The highest BCUT2D eigenvalue weighted by molar-refractivity contribution is 6.01. The zero-order valence-electron chi connectivity index (χ0n) is 11.1. The van der Waals surface area contributed by atoms with E-state index in [1.165, 1.54) is 0 Å². The lowest BCUT2D eigenvalue weighted by Crippen LogP contribution is -2.19. The number of nitrogens with two attached hydrogens (primary N) is 1. The number of aromatic nitrogens is 3. The Kier molecular flexibility index (Phi) is 3.11. The zero-order chi connectivity index (χ0) is 14.8. The first-order valence-corrected chi connectivity index (χ1v) is 6.15. The number of amides is 1. The molecule has 2 heterocycles. The summed E-state index contributed by atoms with van der Waals surface area (Å²) in [7, 11) is 0. The highest BCUT2D eigenvalue weighted by Crippen LogP contribution is 2.19. The fourth-order valence-corrected chi connectivity index (χ4v) is 2.03. The number of anilines is 1. The third kappa shape index (κ3) is 2.34. The second-order valence-electron chi connectivity index (χ2n) is 4.41. The molecular weight excluding hydrogens is 272 g/mol. The molecule has 0 aliphatic carbocycles. The number of hydrazone groups is 1. The second-order valence-corrected chi connectivity index (χ2v) is 4.41. The van der Waals surface area contributed by atoms with E-state index in [0.717, 1.165) is 22.2 Å². The monoisotopic (exact) mass is 284 g/mol. The van der Waals surface area contributed by atoms with Crippen molar-refractivity contribution < 1.29 is 9.42 Å². The van der Waals surface area contributed by atoms with Crippen LogP contribution in [0.15, 0.2) is 34.0 Å². The molecule has 21 heavy (non-hydrogen) atoms. The number of nitrogen functional groups attached to an aromatic ring is 1. The molecule has 0 spiro atoms. The van der Waals surface area contributed by atoms with Crippen molar-refractivity contribution in [3.63, 3.8) is 0 Å².